The van der Waals surface area contributed by atoms with Gasteiger partial charge in [-0.05, 0) is 45.3 Å². The second-order valence-corrected chi connectivity index (χ2v) is 7.30. The molecule has 0 aliphatic carbocycles. The SMILES string of the molecule is COC(=O)C1CN(c2ccc(B3OC(C)(C)C(C)(C)O3)cc2)C1. The molecule has 0 spiro atoms. The summed E-state index contributed by atoms with van der Waals surface area (Å²) in [6, 6.07) is 8.16. The molecule has 0 N–H and O–H groups in total. The lowest BCUT2D eigenvalue weighted by Gasteiger charge is -2.39. The van der Waals surface area contributed by atoms with E-state index in [2.05, 4.69) is 4.90 Å². The Labute approximate surface area is 138 Å². The molecule has 0 atom stereocenters. The summed E-state index contributed by atoms with van der Waals surface area (Å²) in [5.74, 6) is -0.141. The van der Waals surface area contributed by atoms with Gasteiger partial charge in [-0.1, -0.05) is 12.1 Å². The zero-order valence-electron chi connectivity index (χ0n) is 14.5. The first-order valence-corrected chi connectivity index (χ1v) is 8.02. The summed E-state index contributed by atoms with van der Waals surface area (Å²) >= 11 is 0. The molecule has 2 aliphatic heterocycles. The van der Waals surface area contributed by atoms with Gasteiger partial charge in [-0.2, -0.15) is 0 Å². The summed E-state index contributed by atoms with van der Waals surface area (Å²) in [5, 5.41) is 0. The summed E-state index contributed by atoms with van der Waals surface area (Å²) in [5.41, 5.74) is 1.45. The highest BCUT2D eigenvalue weighted by molar-refractivity contribution is 6.62. The number of esters is 1. The van der Waals surface area contributed by atoms with Gasteiger partial charge in [0.25, 0.3) is 0 Å². The maximum atomic E-state index is 11.4. The zero-order chi connectivity index (χ0) is 16.8. The standard InChI is InChI=1S/C17H24BNO4/c1-16(2)17(3,4)23-18(22-16)13-6-8-14(9-7-13)19-10-12(11-19)15(20)21-5/h6-9,12H,10-11H2,1-5H3. The van der Waals surface area contributed by atoms with Gasteiger partial charge in [-0.15, -0.1) is 0 Å². The largest absolute Gasteiger partial charge is 0.494 e. The van der Waals surface area contributed by atoms with Gasteiger partial charge in [0.2, 0.25) is 0 Å². The number of anilines is 1. The summed E-state index contributed by atoms with van der Waals surface area (Å²) in [7, 11) is 1.10. The molecule has 2 heterocycles. The smallest absolute Gasteiger partial charge is 0.469 e. The molecule has 0 amide bonds. The number of ether oxygens (including phenoxy) is 1. The number of hydrogen-bond donors (Lipinski definition) is 0. The Morgan fingerprint density at radius 2 is 1.65 bits per heavy atom. The Hall–Kier alpha value is -1.53. The molecule has 3 rings (SSSR count). The average Bonchev–Trinajstić information content (AvgIpc) is 2.66. The first-order valence-electron chi connectivity index (χ1n) is 8.02. The zero-order valence-corrected chi connectivity index (χ0v) is 14.5. The minimum absolute atomic E-state index is 0.0113. The van der Waals surface area contributed by atoms with Crippen LogP contribution in [0.3, 0.4) is 0 Å². The van der Waals surface area contributed by atoms with Gasteiger partial charge in [-0.3, -0.25) is 4.79 Å². The number of methoxy groups -OCH3 is 1. The highest BCUT2D eigenvalue weighted by atomic mass is 16.7. The van der Waals surface area contributed by atoms with Gasteiger partial charge in [0.1, 0.15) is 0 Å². The molecule has 2 aliphatic rings. The van der Waals surface area contributed by atoms with Crippen molar-refractivity contribution in [1.82, 2.24) is 0 Å². The summed E-state index contributed by atoms with van der Waals surface area (Å²) in [6.07, 6.45) is 0. The molecule has 2 fully saturated rings. The molecule has 0 aromatic heterocycles. The van der Waals surface area contributed by atoms with Crippen molar-refractivity contribution in [2.45, 2.75) is 38.9 Å². The number of rotatable bonds is 3. The van der Waals surface area contributed by atoms with Crippen LogP contribution in [0.1, 0.15) is 27.7 Å². The number of benzene rings is 1. The van der Waals surface area contributed by atoms with Crippen molar-refractivity contribution in [3.8, 4) is 0 Å². The van der Waals surface area contributed by atoms with Gasteiger partial charge in [-0.25, -0.2) is 0 Å². The van der Waals surface area contributed by atoms with Crippen LogP contribution in [0.2, 0.25) is 0 Å². The van der Waals surface area contributed by atoms with E-state index in [1.54, 1.807) is 0 Å². The van der Waals surface area contributed by atoms with Crippen molar-refractivity contribution in [2.24, 2.45) is 5.92 Å². The van der Waals surface area contributed by atoms with E-state index in [1.807, 2.05) is 52.0 Å². The number of nitrogens with zero attached hydrogens (tertiary/aromatic N) is 1. The van der Waals surface area contributed by atoms with Crippen LogP contribution in [0.15, 0.2) is 24.3 Å². The first kappa shape index (κ1) is 16.3. The van der Waals surface area contributed by atoms with E-state index in [-0.39, 0.29) is 30.2 Å². The van der Waals surface area contributed by atoms with Crippen LogP contribution in [-0.2, 0) is 18.8 Å². The third kappa shape index (κ3) is 2.86. The Kier molecular flexibility index (Phi) is 3.93. The van der Waals surface area contributed by atoms with Crippen molar-refractivity contribution in [3.05, 3.63) is 24.3 Å². The van der Waals surface area contributed by atoms with E-state index in [0.29, 0.717) is 13.1 Å². The van der Waals surface area contributed by atoms with Gasteiger partial charge in [0, 0.05) is 18.8 Å². The van der Waals surface area contributed by atoms with Gasteiger partial charge >= 0.3 is 13.1 Å². The topological polar surface area (TPSA) is 48.0 Å². The summed E-state index contributed by atoms with van der Waals surface area (Å²) in [6.45, 7) is 9.62. The Bertz CT molecular complexity index is 577. The second kappa shape index (κ2) is 5.53. The third-order valence-electron chi connectivity index (χ3n) is 5.20. The molecular formula is C17H24BNO4. The van der Waals surface area contributed by atoms with Crippen molar-refractivity contribution in [3.63, 3.8) is 0 Å². The molecule has 0 radical (unpaired) electrons. The van der Waals surface area contributed by atoms with E-state index >= 15 is 0 Å². The molecule has 1 aromatic carbocycles. The molecular weight excluding hydrogens is 293 g/mol. The Morgan fingerprint density at radius 1 is 1.13 bits per heavy atom. The van der Waals surface area contributed by atoms with Crippen LogP contribution in [-0.4, -0.2) is 44.5 Å². The quantitative estimate of drug-likeness (QED) is 0.626. The predicted octanol–water partition coefficient (Wildman–Crippen LogP) is 1.59. The first-order chi connectivity index (χ1) is 10.7. The molecule has 23 heavy (non-hydrogen) atoms. The third-order valence-corrected chi connectivity index (χ3v) is 5.20. The van der Waals surface area contributed by atoms with Crippen molar-refractivity contribution >= 4 is 24.2 Å². The van der Waals surface area contributed by atoms with Crippen LogP contribution in [0.25, 0.3) is 0 Å². The van der Waals surface area contributed by atoms with Gasteiger partial charge in [0.05, 0.1) is 24.2 Å². The molecule has 1 aromatic rings. The predicted molar refractivity (Wildman–Crippen MR) is 89.9 cm³/mol. The van der Waals surface area contributed by atoms with Crippen molar-refractivity contribution in [2.75, 3.05) is 25.1 Å². The van der Waals surface area contributed by atoms with Crippen molar-refractivity contribution in [1.29, 1.82) is 0 Å². The lowest BCUT2D eigenvalue weighted by molar-refractivity contribution is -0.146. The van der Waals surface area contributed by atoms with Gasteiger partial charge in [0.15, 0.2) is 0 Å². The lowest BCUT2D eigenvalue weighted by Crippen LogP contribution is -2.51. The maximum absolute atomic E-state index is 11.4. The monoisotopic (exact) mass is 317 g/mol. The summed E-state index contributed by atoms with van der Waals surface area (Å²) in [4.78, 5) is 13.6. The number of hydrogen-bond acceptors (Lipinski definition) is 5. The van der Waals surface area contributed by atoms with E-state index in [4.69, 9.17) is 14.0 Å². The van der Waals surface area contributed by atoms with E-state index < -0.39 is 0 Å². The van der Waals surface area contributed by atoms with Crippen LogP contribution in [0, 0.1) is 5.92 Å². The minimum atomic E-state index is -0.340. The second-order valence-electron chi connectivity index (χ2n) is 7.30. The van der Waals surface area contributed by atoms with Crippen LogP contribution in [0.4, 0.5) is 5.69 Å². The lowest BCUT2D eigenvalue weighted by atomic mass is 9.79. The average molecular weight is 317 g/mol. The minimum Gasteiger partial charge on any atom is -0.469 e. The summed E-state index contributed by atoms with van der Waals surface area (Å²) < 4.78 is 16.9. The highest BCUT2D eigenvalue weighted by Gasteiger charge is 2.51. The van der Waals surface area contributed by atoms with Crippen LogP contribution in [0.5, 0.6) is 0 Å². The fraction of sp³-hybridized carbons (Fsp3) is 0.588. The maximum Gasteiger partial charge on any atom is 0.494 e. The Morgan fingerprint density at radius 3 is 2.13 bits per heavy atom. The van der Waals surface area contributed by atoms with Gasteiger partial charge < -0.3 is 18.9 Å². The fourth-order valence-electron chi connectivity index (χ4n) is 2.83. The van der Waals surface area contributed by atoms with E-state index in [1.165, 1.54) is 7.11 Å². The highest BCUT2D eigenvalue weighted by Crippen LogP contribution is 2.36. The van der Waals surface area contributed by atoms with Crippen LogP contribution < -0.4 is 10.4 Å². The molecule has 0 saturated carbocycles. The Balaban J connectivity index is 1.64. The number of carbonyl (C=O) groups excluding carboxylic acids is 1. The fourth-order valence-corrected chi connectivity index (χ4v) is 2.83. The molecule has 0 unspecified atom stereocenters. The van der Waals surface area contributed by atoms with Crippen LogP contribution >= 0.6 is 0 Å². The molecule has 2 saturated heterocycles. The van der Waals surface area contributed by atoms with E-state index in [0.717, 1.165) is 11.2 Å². The molecule has 6 heteroatoms. The molecule has 124 valence electrons. The van der Waals surface area contributed by atoms with Crippen molar-refractivity contribution < 1.29 is 18.8 Å². The molecule has 5 nitrogen and oxygen atoms in total. The van der Waals surface area contributed by atoms with E-state index in [9.17, 15) is 4.79 Å². The number of carbonyl (C=O) groups is 1. The molecule has 0 bridgehead atoms. The normalized spacial score (nSPS) is 22.8.